The maximum atomic E-state index is 5.18. The van der Waals surface area contributed by atoms with E-state index < -0.39 is 0 Å². The van der Waals surface area contributed by atoms with Crippen LogP contribution < -0.4 is 4.74 Å². The van der Waals surface area contributed by atoms with Crippen LogP contribution in [0.4, 0.5) is 0 Å². The van der Waals surface area contributed by atoms with Gasteiger partial charge in [-0.3, -0.25) is 4.40 Å². The normalized spacial score (nSPS) is 11.2. The lowest BCUT2D eigenvalue weighted by Gasteiger charge is -1.97. The van der Waals surface area contributed by atoms with Gasteiger partial charge in [0, 0.05) is 17.6 Å². The minimum Gasteiger partial charge on any atom is -0.497 e. The molecule has 3 rings (SSSR count). The van der Waals surface area contributed by atoms with Crippen LogP contribution in [-0.2, 0) is 0 Å². The Bertz CT molecular complexity index is 596. The summed E-state index contributed by atoms with van der Waals surface area (Å²) in [6.45, 7) is 0. The molecular formula is C10H8N2OS. The van der Waals surface area contributed by atoms with E-state index in [1.807, 2.05) is 29.8 Å². The van der Waals surface area contributed by atoms with Gasteiger partial charge in [0.15, 0.2) is 4.96 Å². The van der Waals surface area contributed by atoms with Crippen LogP contribution in [0.5, 0.6) is 5.75 Å². The molecule has 14 heavy (non-hydrogen) atoms. The molecule has 3 aromatic rings. The van der Waals surface area contributed by atoms with Crippen molar-refractivity contribution in [3.05, 3.63) is 29.8 Å². The zero-order valence-corrected chi connectivity index (χ0v) is 8.41. The van der Waals surface area contributed by atoms with Crippen LogP contribution in [0, 0.1) is 0 Å². The van der Waals surface area contributed by atoms with E-state index in [-0.39, 0.29) is 0 Å². The molecule has 0 radical (unpaired) electrons. The second-order valence-electron chi connectivity index (χ2n) is 3.02. The van der Waals surface area contributed by atoms with E-state index in [9.17, 15) is 0 Å². The van der Waals surface area contributed by atoms with Crippen molar-refractivity contribution in [1.29, 1.82) is 0 Å². The fraction of sp³-hybridized carbons (Fsp3) is 0.100. The van der Waals surface area contributed by atoms with Gasteiger partial charge in [0.05, 0.1) is 18.1 Å². The summed E-state index contributed by atoms with van der Waals surface area (Å²) in [5, 5.41) is 2.03. The molecule has 0 atom stereocenters. The first-order chi connectivity index (χ1) is 6.88. The van der Waals surface area contributed by atoms with E-state index in [0.29, 0.717) is 0 Å². The average Bonchev–Trinajstić information content (AvgIpc) is 2.76. The summed E-state index contributed by atoms with van der Waals surface area (Å²) < 4.78 is 7.25. The number of aromatic nitrogens is 2. The van der Waals surface area contributed by atoms with E-state index >= 15 is 0 Å². The Kier molecular flexibility index (Phi) is 1.52. The van der Waals surface area contributed by atoms with Crippen LogP contribution in [0.2, 0.25) is 0 Å². The highest BCUT2D eigenvalue weighted by molar-refractivity contribution is 7.15. The fourth-order valence-corrected chi connectivity index (χ4v) is 2.29. The van der Waals surface area contributed by atoms with Crippen LogP contribution in [-0.4, -0.2) is 16.5 Å². The van der Waals surface area contributed by atoms with Gasteiger partial charge in [0.25, 0.3) is 0 Å². The maximum Gasteiger partial charge on any atom is 0.194 e. The van der Waals surface area contributed by atoms with Crippen molar-refractivity contribution in [2.75, 3.05) is 7.11 Å². The van der Waals surface area contributed by atoms with E-state index in [4.69, 9.17) is 4.74 Å². The third kappa shape index (κ3) is 0.943. The van der Waals surface area contributed by atoms with Crippen molar-refractivity contribution in [2.24, 2.45) is 0 Å². The van der Waals surface area contributed by atoms with Gasteiger partial charge in [-0.05, 0) is 12.1 Å². The zero-order chi connectivity index (χ0) is 9.54. The minimum absolute atomic E-state index is 0.866. The predicted molar refractivity (Wildman–Crippen MR) is 57.1 cm³/mol. The van der Waals surface area contributed by atoms with Crippen molar-refractivity contribution in [3.63, 3.8) is 0 Å². The number of imidazole rings is 1. The highest BCUT2D eigenvalue weighted by Gasteiger charge is 2.05. The zero-order valence-electron chi connectivity index (χ0n) is 7.60. The van der Waals surface area contributed by atoms with Gasteiger partial charge >= 0.3 is 0 Å². The molecule has 0 bridgehead atoms. The summed E-state index contributed by atoms with van der Waals surface area (Å²) in [6, 6.07) is 5.91. The number of fused-ring (bicyclic) bond motifs is 3. The molecule has 0 N–H and O–H groups in total. The lowest BCUT2D eigenvalue weighted by Crippen LogP contribution is -1.82. The summed E-state index contributed by atoms with van der Waals surface area (Å²) in [5.74, 6) is 0.866. The number of ether oxygens (including phenoxy) is 1. The second kappa shape index (κ2) is 2.72. The SMILES string of the molecule is COc1ccc2nc3sccn3c2c1. The number of methoxy groups -OCH3 is 1. The first kappa shape index (κ1) is 7.82. The van der Waals surface area contributed by atoms with Gasteiger partial charge in [-0.2, -0.15) is 0 Å². The van der Waals surface area contributed by atoms with Crippen LogP contribution in [0.15, 0.2) is 29.8 Å². The van der Waals surface area contributed by atoms with E-state index in [1.165, 1.54) is 0 Å². The molecule has 0 aliphatic heterocycles. The molecule has 4 heteroatoms. The molecule has 0 aliphatic rings. The number of thiazole rings is 1. The van der Waals surface area contributed by atoms with E-state index in [2.05, 4.69) is 9.38 Å². The van der Waals surface area contributed by atoms with Crippen molar-refractivity contribution >= 4 is 27.3 Å². The highest BCUT2D eigenvalue weighted by atomic mass is 32.1. The molecule has 0 amide bonds. The lowest BCUT2D eigenvalue weighted by atomic mass is 10.3. The molecule has 0 saturated carbocycles. The Hall–Kier alpha value is -1.55. The van der Waals surface area contributed by atoms with Crippen molar-refractivity contribution in [1.82, 2.24) is 9.38 Å². The van der Waals surface area contributed by atoms with Crippen molar-refractivity contribution in [2.45, 2.75) is 0 Å². The largest absolute Gasteiger partial charge is 0.497 e. The van der Waals surface area contributed by atoms with Crippen LogP contribution in [0.1, 0.15) is 0 Å². The van der Waals surface area contributed by atoms with E-state index in [1.54, 1.807) is 18.4 Å². The van der Waals surface area contributed by atoms with Crippen molar-refractivity contribution in [3.8, 4) is 5.75 Å². The van der Waals surface area contributed by atoms with Crippen LogP contribution in [0.3, 0.4) is 0 Å². The van der Waals surface area contributed by atoms with Gasteiger partial charge in [-0.15, -0.1) is 11.3 Å². The molecule has 0 fully saturated rings. The van der Waals surface area contributed by atoms with Gasteiger partial charge in [-0.1, -0.05) is 0 Å². The summed E-state index contributed by atoms with van der Waals surface area (Å²) in [4.78, 5) is 5.50. The topological polar surface area (TPSA) is 26.5 Å². The van der Waals surface area contributed by atoms with Gasteiger partial charge < -0.3 is 4.74 Å². The molecule has 0 saturated heterocycles. The molecule has 3 nitrogen and oxygen atoms in total. The quantitative estimate of drug-likeness (QED) is 0.609. The third-order valence-electron chi connectivity index (χ3n) is 2.25. The minimum atomic E-state index is 0.866. The number of hydrogen-bond donors (Lipinski definition) is 0. The molecule has 0 unspecified atom stereocenters. The second-order valence-corrected chi connectivity index (χ2v) is 3.90. The predicted octanol–water partition coefficient (Wildman–Crippen LogP) is 2.56. The molecule has 2 aromatic heterocycles. The number of nitrogens with zero attached hydrogens (tertiary/aromatic N) is 2. The number of benzene rings is 1. The Morgan fingerprint density at radius 3 is 3.21 bits per heavy atom. The summed E-state index contributed by atoms with van der Waals surface area (Å²) in [6.07, 6.45) is 2.02. The summed E-state index contributed by atoms with van der Waals surface area (Å²) >= 11 is 1.64. The standard InChI is InChI=1S/C10H8N2OS/c1-13-7-2-3-8-9(6-7)12-4-5-14-10(12)11-8/h2-6H,1H3. The smallest absolute Gasteiger partial charge is 0.194 e. The van der Waals surface area contributed by atoms with Gasteiger partial charge in [0.1, 0.15) is 5.75 Å². The van der Waals surface area contributed by atoms with Gasteiger partial charge in [-0.25, -0.2) is 4.98 Å². The van der Waals surface area contributed by atoms with Crippen LogP contribution in [0.25, 0.3) is 16.0 Å². The lowest BCUT2D eigenvalue weighted by molar-refractivity contribution is 0.415. The molecule has 0 aliphatic carbocycles. The molecular weight excluding hydrogens is 196 g/mol. The first-order valence-corrected chi connectivity index (χ1v) is 5.16. The highest BCUT2D eigenvalue weighted by Crippen LogP contribution is 2.23. The molecule has 0 spiro atoms. The Morgan fingerprint density at radius 2 is 2.36 bits per heavy atom. The molecule has 70 valence electrons. The molecule has 1 aromatic carbocycles. The fourth-order valence-electron chi connectivity index (χ4n) is 1.56. The third-order valence-corrected chi connectivity index (χ3v) is 3.00. The van der Waals surface area contributed by atoms with E-state index in [0.717, 1.165) is 21.7 Å². The molecule has 2 heterocycles. The Labute approximate surface area is 84.6 Å². The number of rotatable bonds is 1. The Morgan fingerprint density at radius 1 is 1.43 bits per heavy atom. The summed E-state index contributed by atoms with van der Waals surface area (Å²) in [7, 11) is 1.67. The van der Waals surface area contributed by atoms with Gasteiger partial charge in [0.2, 0.25) is 0 Å². The monoisotopic (exact) mass is 204 g/mol. The maximum absolute atomic E-state index is 5.18. The summed E-state index contributed by atoms with van der Waals surface area (Å²) in [5.41, 5.74) is 2.11. The first-order valence-electron chi connectivity index (χ1n) is 4.28. The number of hydrogen-bond acceptors (Lipinski definition) is 3. The van der Waals surface area contributed by atoms with Crippen LogP contribution >= 0.6 is 11.3 Å². The average molecular weight is 204 g/mol. The van der Waals surface area contributed by atoms with Crippen molar-refractivity contribution < 1.29 is 4.74 Å². The Balaban J connectivity index is 2.46.